The quantitative estimate of drug-likeness (QED) is 0.839. The largest absolute Gasteiger partial charge is 0.467 e. The molecule has 0 saturated carbocycles. The third-order valence-corrected chi connectivity index (χ3v) is 4.68. The number of amides is 1. The summed E-state index contributed by atoms with van der Waals surface area (Å²) in [6.45, 7) is -0.451. The Morgan fingerprint density at radius 3 is 2.56 bits per heavy atom. The Hall–Kier alpha value is -2.33. The lowest BCUT2D eigenvalue weighted by atomic mass is 10.2. The van der Waals surface area contributed by atoms with Crippen molar-refractivity contribution >= 4 is 15.9 Å². The zero-order valence-corrected chi connectivity index (χ0v) is 13.9. The summed E-state index contributed by atoms with van der Waals surface area (Å²) in [5, 5.41) is 0. The first-order valence-electron chi connectivity index (χ1n) is 7.03. The standard InChI is InChI=1S/C15H15F3N2O4S/c1-20(10-12-5-3-7-24-12)14(21)9-19-25(22,23)13-6-2-4-11(8-13)15(16,17)18/h2-8,19H,9-10H2,1H3. The number of furan rings is 1. The number of rotatable bonds is 6. The Morgan fingerprint density at radius 1 is 1.24 bits per heavy atom. The predicted molar refractivity (Wildman–Crippen MR) is 81.8 cm³/mol. The summed E-state index contributed by atoms with van der Waals surface area (Å²) in [5.74, 6) is -0.0523. The van der Waals surface area contributed by atoms with Crippen molar-refractivity contribution in [3.8, 4) is 0 Å². The van der Waals surface area contributed by atoms with E-state index in [-0.39, 0.29) is 6.54 Å². The van der Waals surface area contributed by atoms with Crippen molar-refractivity contribution in [2.45, 2.75) is 17.6 Å². The van der Waals surface area contributed by atoms with Gasteiger partial charge in [-0.05, 0) is 30.3 Å². The van der Waals surface area contributed by atoms with Crippen LogP contribution in [0.4, 0.5) is 13.2 Å². The average Bonchev–Trinajstić information content (AvgIpc) is 3.05. The Balaban J connectivity index is 2.02. The molecule has 1 amide bonds. The van der Waals surface area contributed by atoms with Crippen molar-refractivity contribution in [3.63, 3.8) is 0 Å². The average molecular weight is 376 g/mol. The van der Waals surface area contributed by atoms with Crippen LogP contribution < -0.4 is 4.72 Å². The molecule has 1 aromatic carbocycles. The molecule has 0 bridgehead atoms. The van der Waals surface area contributed by atoms with Gasteiger partial charge in [-0.3, -0.25) is 4.79 Å². The van der Waals surface area contributed by atoms with Crippen molar-refractivity contribution < 1.29 is 30.8 Å². The number of likely N-dealkylation sites (N-methyl/N-ethyl adjacent to an activating group) is 1. The molecule has 2 rings (SSSR count). The molecular weight excluding hydrogens is 361 g/mol. The smallest absolute Gasteiger partial charge is 0.416 e. The van der Waals surface area contributed by atoms with E-state index in [1.54, 1.807) is 12.1 Å². The number of hydrogen-bond donors (Lipinski definition) is 1. The van der Waals surface area contributed by atoms with Crippen LogP contribution in [0.15, 0.2) is 52.0 Å². The lowest BCUT2D eigenvalue weighted by Crippen LogP contribution is -2.37. The van der Waals surface area contributed by atoms with Crippen LogP contribution in [0.2, 0.25) is 0 Å². The van der Waals surface area contributed by atoms with Crippen LogP contribution in [-0.4, -0.2) is 32.8 Å². The summed E-state index contributed by atoms with van der Waals surface area (Å²) in [4.78, 5) is 12.6. The van der Waals surface area contributed by atoms with E-state index in [9.17, 15) is 26.4 Å². The number of halogens is 3. The third-order valence-electron chi connectivity index (χ3n) is 3.28. The maximum Gasteiger partial charge on any atom is 0.416 e. The van der Waals surface area contributed by atoms with Crippen LogP contribution >= 0.6 is 0 Å². The van der Waals surface area contributed by atoms with E-state index in [4.69, 9.17) is 4.42 Å². The van der Waals surface area contributed by atoms with Gasteiger partial charge in [0.15, 0.2) is 0 Å². The summed E-state index contributed by atoms with van der Waals surface area (Å²) >= 11 is 0. The molecule has 0 spiro atoms. The second kappa shape index (κ2) is 7.28. The Bertz CT molecular complexity index is 833. The first-order chi connectivity index (χ1) is 11.6. The molecule has 0 unspecified atom stereocenters. The summed E-state index contributed by atoms with van der Waals surface area (Å²) in [6.07, 6.45) is -3.23. The van der Waals surface area contributed by atoms with Crippen LogP contribution in [0.25, 0.3) is 0 Å². The van der Waals surface area contributed by atoms with E-state index < -0.39 is 39.1 Å². The van der Waals surface area contributed by atoms with Gasteiger partial charge >= 0.3 is 6.18 Å². The molecule has 10 heteroatoms. The molecule has 0 aliphatic carbocycles. The van der Waals surface area contributed by atoms with Gasteiger partial charge in [0.05, 0.1) is 29.8 Å². The number of nitrogens with one attached hydrogen (secondary N) is 1. The SMILES string of the molecule is CN(Cc1ccco1)C(=O)CNS(=O)(=O)c1cccc(C(F)(F)F)c1. The number of nitrogens with zero attached hydrogens (tertiary/aromatic N) is 1. The van der Waals surface area contributed by atoms with Crippen molar-refractivity contribution in [2.24, 2.45) is 0 Å². The molecule has 136 valence electrons. The topological polar surface area (TPSA) is 79.6 Å². The summed E-state index contributed by atoms with van der Waals surface area (Å²) in [5.41, 5.74) is -1.09. The van der Waals surface area contributed by atoms with E-state index in [2.05, 4.69) is 0 Å². The molecule has 25 heavy (non-hydrogen) atoms. The minimum atomic E-state index is -4.66. The Kier molecular flexibility index (Phi) is 5.53. The highest BCUT2D eigenvalue weighted by molar-refractivity contribution is 7.89. The third kappa shape index (κ3) is 5.07. The van der Waals surface area contributed by atoms with E-state index >= 15 is 0 Å². The van der Waals surface area contributed by atoms with E-state index in [1.165, 1.54) is 18.2 Å². The molecule has 0 saturated heterocycles. The molecule has 0 radical (unpaired) electrons. The fourth-order valence-electron chi connectivity index (χ4n) is 1.94. The van der Waals surface area contributed by atoms with Gasteiger partial charge in [0.2, 0.25) is 15.9 Å². The molecule has 0 fully saturated rings. The maximum atomic E-state index is 12.7. The zero-order valence-electron chi connectivity index (χ0n) is 13.1. The molecule has 2 aromatic rings. The lowest BCUT2D eigenvalue weighted by molar-refractivity contribution is -0.137. The van der Waals surface area contributed by atoms with Gasteiger partial charge < -0.3 is 9.32 Å². The van der Waals surface area contributed by atoms with E-state index in [0.29, 0.717) is 11.8 Å². The van der Waals surface area contributed by atoms with Crippen molar-refractivity contribution in [1.29, 1.82) is 0 Å². The second-order valence-corrected chi connectivity index (χ2v) is 6.95. The molecule has 6 nitrogen and oxygen atoms in total. The monoisotopic (exact) mass is 376 g/mol. The van der Waals surface area contributed by atoms with Gasteiger partial charge in [0, 0.05) is 7.05 Å². The molecule has 0 atom stereocenters. The fraction of sp³-hybridized carbons (Fsp3) is 0.267. The number of carbonyl (C=O) groups excluding carboxylic acids is 1. The highest BCUT2D eigenvalue weighted by Gasteiger charge is 2.31. The zero-order chi connectivity index (χ0) is 18.7. The van der Waals surface area contributed by atoms with Crippen molar-refractivity contribution in [3.05, 3.63) is 54.0 Å². The van der Waals surface area contributed by atoms with Crippen LogP contribution in [0.5, 0.6) is 0 Å². The van der Waals surface area contributed by atoms with E-state index in [1.807, 2.05) is 4.72 Å². The van der Waals surface area contributed by atoms with Crippen molar-refractivity contribution in [2.75, 3.05) is 13.6 Å². The Labute approximate surface area is 142 Å². The molecular formula is C15H15F3N2O4S. The number of carbonyl (C=O) groups is 1. The number of sulfonamides is 1. The summed E-state index contributed by atoms with van der Waals surface area (Å²) < 4.78 is 69.3. The van der Waals surface area contributed by atoms with E-state index in [0.717, 1.165) is 18.2 Å². The van der Waals surface area contributed by atoms with Crippen LogP contribution in [0.3, 0.4) is 0 Å². The number of hydrogen-bond acceptors (Lipinski definition) is 4. The van der Waals surface area contributed by atoms with Crippen LogP contribution in [0, 0.1) is 0 Å². The van der Waals surface area contributed by atoms with Gasteiger partial charge in [0.25, 0.3) is 0 Å². The molecule has 1 N–H and O–H groups in total. The molecule has 1 heterocycles. The Morgan fingerprint density at radius 2 is 1.96 bits per heavy atom. The minimum absolute atomic E-state index is 0.136. The number of alkyl halides is 3. The van der Waals surface area contributed by atoms with Crippen LogP contribution in [0.1, 0.15) is 11.3 Å². The molecule has 0 aliphatic rings. The van der Waals surface area contributed by atoms with Gasteiger partial charge in [-0.25, -0.2) is 13.1 Å². The molecule has 1 aromatic heterocycles. The highest BCUT2D eigenvalue weighted by Crippen LogP contribution is 2.30. The second-order valence-electron chi connectivity index (χ2n) is 5.18. The van der Waals surface area contributed by atoms with Gasteiger partial charge in [-0.2, -0.15) is 13.2 Å². The molecule has 0 aliphatic heterocycles. The predicted octanol–water partition coefficient (Wildman–Crippen LogP) is 2.24. The van der Waals surface area contributed by atoms with Gasteiger partial charge in [-0.1, -0.05) is 6.07 Å². The minimum Gasteiger partial charge on any atom is -0.467 e. The summed E-state index contributed by atoms with van der Waals surface area (Å²) in [7, 11) is -2.81. The van der Waals surface area contributed by atoms with Gasteiger partial charge in [-0.15, -0.1) is 0 Å². The number of benzene rings is 1. The first kappa shape index (κ1) is 19.0. The van der Waals surface area contributed by atoms with Gasteiger partial charge in [0.1, 0.15) is 5.76 Å². The first-order valence-corrected chi connectivity index (χ1v) is 8.51. The van der Waals surface area contributed by atoms with Crippen LogP contribution in [-0.2, 0) is 27.5 Å². The highest BCUT2D eigenvalue weighted by atomic mass is 32.2. The van der Waals surface area contributed by atoms with Crippen molar-refractivity contribution in [1.82, 2.24) is 9.62 Å². The summed E-state index contributed by atoms with van der Waals surface area (Å²) in [6, 6.07) is 6.58. The lowest BCUT2D eigenvalue weighted by Gasteiger charge is -2.16. The fourth-order valence-corrected chi connectivity index (χ4v) is 2.96. The maximum absolute atomic E-state index is 12.7. The normalized spacial score (nSPS) is 12.2.